The molecule has 0 bridgehead atoms. The lowest BCUT2D eigenvalue weighted by Crippen LogP contribution is -2.41. The highest BCUT2D eigenvalue weighted by Gasteiger charge is 2.34. The second kappa shape index (κ2) is 9.87. The molecule has 174 valence electrons. The van der Waals surface area contributed by atoms with Crippen LogP contribution in [0.3, 0.4) is 0 Å². The van der Waals surface area contributed by atoms with Gasteiger partial charge in [0.05, 0.1) is 23.6 Å². The van der Waals surface area contributed by atoms with Crippen LogP contribution in [0.5, 0.6) is 0 Å². The van der Waals surface area contributed by atoms with E-state index in [1.807, 2.05) is 19.1 Å². The average Bonchev–Trinajstić information content (AvgIpc) is 3.23. The number of likely N-dealkylation sites (N-methyl/N-ethyl adjacent to an activating group) is 1. The van der Waals surface area contributed by atoms with Crippen molar-refractivity contribution in [2.24, 2.45) is 5.92 Å². The van der Waals surface area contributed by atoms with Crippen LogP contribution in [-0.4, -0.2) is 56.2 Å². The zero-order valence-electron chi connectivity index (χ0n) is 19.0. The number of rotatable bonds is 7. The van der Waals surface area contributed by atoms with E-state index in [1.165, 1.54) is 15.5 Å². The van der Waals surface area contributed by atoms with Crippen molar-refractivity contribution in [1.82, 2.24) is 9.21 Å². The summed E-state index contributed by atoms with van der Waals surface area (Å²) in [6.45, 7) is 5.96. The normalized spacial score (nSPS) is 15.5. The molecule has 0 N–H and O–H groups in total. The molecule has 2 aromatic rings. The van der Waals surface area contributed by atoms with E-state index in [0.717, 1.165) is 16.7 Å². The highest BCUT2D eigenvalue weighted by Crippen LogP contribution is 2.29. The summed E-state index contributed by atoms with van der Waals surface area (Å²) in [5.41, 5.74) is 2.46. The summed E-state index contributed by atoms with van der Waals surface area (Å²) in [6.07, 6.45) is 2.25. The number of carbonyl (C=O) groups is 2. The third-order valence-corrected chi connectivity index (χ3v) is 7.93. The van der Waals surface area contributed by atoms with Crippen molar-refractivity contribution in [1.29, 1.82) is 0 Å². The lowest BCUT2D eigenvalue weighted by atomic mass is 9.98. The van der Waals surface area contributed by atoms with Crippen molar-refractivity contribution >= 4 is 21.9 Å². The van der Waals surface area contributed by atoms with Crippen molar-refractivity contribution in [3.05, 3.63) is 53.0 Å². The van der Waals surface area contributed by atoms with Crippen LogP contribution < -0.4 is 0 Å². The molecule has 0 spiro atoms. The molecular formula is C23H30N2O6S. The van der Waals surface area contributed by atoms with Crippen molar-refractivity contribution in [3.63, 3.8) is 0 Å². The molecule has 1 aliphatic rings. The molecular weight excluding hydrogens is 432 g/mol. The quantitative estimate of drug-likeness (QED) is 0.587. The molecule has 1 saturated heterocycles. The van der Waals surface area contributed by atoms with E-state index in [2.05, 4.69) is 0 Å². The molecule has 8 nitrogen and oxygen atoms in total. The van der Waals surface area contributed by atoms with E-state index in [-0.39, 0.29) is 32.1 Å². The van der Waals surface area contributed by atoms with Gasteiger partial charge in [0, 0.05) is 20.1 Å². The molecule has 0 unspecified atom stereocenters. The molecule has 0 aliphatic carbocycles. The molecule has 2 heterocycles. The van der Waals surface area contributed by atoms with Gasteiger partial charge < -0.3 is 14.1 Å². The van der Waals surface area contributed by atoms with Gasteiger partial charge in [-0.25, -0.2) is 8.42 Å². The Balaban J connectivity index is 1.53. The van der Waals surface area contributed by atoms with Crippen LogP contribution in [0.2, 0.25) is 0 Å². The standard InChI is InChI=1S/C23H30N2O6S/c1-16-12-17(2)22(18(3)13-16)32(28,29)25-9-7-19(8-10-25)23(27)31-15-21(26)24(4)14-20-6-5-11-30-20/h5-6,11-13,19H,7-10,14-15H2,1-4H3. The van der Waals surface area contributed by atoms with E-state index in [1.54, 1.807) is 33.0 Å². The minimum absolute atomic E-state index is 0.237. The zero-order chi connectivity index (χ0) is 23.5. The maximum atomic E-state index is 13.2. The number of esters is 1. The van der Waals surface area contributed by atoms with Crippen LogP contribution in [0.1, 0.15) is 35.3 Å². The number of amides is 1. The molecule has 0 atom stereocenters. The fourth-order valence-corrected chi connectivity index (χ4v) is 6.00. The number of benzene rings is 1. The molecule has 0 saturated carbocycles. The number of furan rings is 1. The van der Waals surface area contributed by atoms with Crippen LogP contribution in [0.4, 0.5) is 0 Å². The van der Waals surface area contributed by atoms with Crippen LogP contribution >= 0.6 is 0 Å². The smallest absolute Gasteiger partial charge is 0.309 e. The highest BCUT2D eigenvalue weighted by atomic mass is 32.2. The first-order valence-corrected chi connectivity index (χ1v) is 12.0. The Morgan fingerprint density at radius 3 is 2.34 bits per heavy atom. The number of hydrogen-bond acceptors (Lipinski definition) is 6. The fourth-order valence-electron chi connectivity index (χ4n) is 4.12. The monoisotopic (exact) mass is 462 g/mol. The first kappa shape index (κ1) is 24.0. The van der Waals surface area contributed by atoms with E-state index in [4.69, 9.17) is 9.15 Å². The minimum Gasteiger partial charge on any atom is -0.467 e. The van der Waals surface area contributed by atoms with Crippen molar-refractivity contribution in [3.8, 4) is 0 Å². The summed E-state index contributed by atoms with van der Waals surface area (Å²) < 4.78 is 38.2. The number of sulfonamides is 1. The topological polar surface area (TPSA) is 97.1 Å². The van der Waals surface area contributed by atoms with E-state index in [9.17, 15) is 18.0 Å². The average molecular weight is 463 g/mol. The Morgan fingerprint density at radius 2 is 1.78 bits per heavy atom. The first-order chi connectivity index (χ1) is 15.1. The van der Waals surface area contributed by atoms with E-state index >= 15 is 0 Å². The Bertz CT molecular complexity index is 1050. The molecule has 0 radical (unpaired) electrons. The van der Waals surface area contributed by atoms with Gasteiger partial charge >= 0.3 is 5.97 Å². The highest BCUT2D eigenvalue weighted by molar-refractivity contribution is 7.89. The van der Waals surface area contributed by atoms with Gasteiger partial charge in [0.15, 0.2) is 6.61 Å². The van der Waals surface area contributed by atoms with Crippen molar-refractivity contribution in [2.75, 3.05) is 26.7 Å². The Kier molecular flexibility index (Phi) is 7.40. The summed E-state index contributed by atoms with van der Waals surface area (Å²) in [5.74, 6) is -0.589. The number of aryl methyl sites for hydroxylation is 3. The molecule has 1 aromatic heterocycles. The lowest BCUT2D eigenvalue weighted by Gasteiger charge is -2.31. The van der Waals surface area contributed by atoms with Gasteiger partial charge in [-0.05, 0) is 56.9 Å². The summed E-state index contributed by atoms with van der Waals surface area (Å²) in [7, 11) is -2.03. The van der Waals surface area contributed by atoms with Crippen molar-refractivity contribution < 1.29 is 27.2 Å². The predicted octanol–water partition coefficient (Wildman–Crippen LogP) is 2.81. The lowest BCUT2D eigenvalue weighted by molar-refractivity contribution is -0.156. The fraction of sp³-hybridized carbons (Fsp3) is 0.478. The molecule has 1 aromatic carbocycles. The largest absolute Gasteiger partial charge is 0.467 e. The van der Waals surface area contributed by atoms with Crippen LogP contribution in [0.25, 0.3) is 0 Å². The van der Waals surface area contributed by atoms with Crippen LogP contribution in [-0.2, 0) is 30.9 Å². The van der Waals surface area contributed by atoms with Gasteiger partial charge in [-0.15, -0.1) is 0 Å². The maximum Gasteiger partial charge on any atom is 0.309 e. The van der Waals surface area contributed by atoms with Crippen LogP contribution in [0.15, 0.2) is 39.8 Å². The van der Waals surface area contributed by atoms with E-state index in [0.29, 0.717) is 23.5 Å². The maximum absolute atomic E-state index is 13.2. The Hall–Kier alpha value is -2.65. The Morgan fingerprint density at radius 1 is 1.16 bits per heavy atom. The SMILES string of the molecule is Cc1cc(C)c(S(=O)(=O)N2CCC(C(=O)OCC(=O)N(C)Cc3ccco3)CC2)c(C)c1. The van der Waals surface area contributed by atoms with E-state index < -0.39 is 21.9 Å². The van der Waals surface area contributed by atoms with Gasteiger partial charge in [0.1, 0.15) is 5.76 Å². The number of hydrogen-bond donors (Lipinski definition) is 0. The third-order valence-electron chi connectivity index (χ3n) is 5.73. The predicted molar refractivity (Wildman–Crippen MR) is 118 cm³/mol. The first-order valence-electron chi connectivity index (χ1n) is 10.6. The number of nitrogens with zero attached hydrogens (tertiary/aromatic N) is 2. The number of carbonyl (C=O) groups excluding carboxylic acids is 2. The Labute approximate surface area is 189 Å². The second-order valence-electron chi connectivity index (χ2n) is 8.34. The zero-order valence-corrected chi connectivity index (χ0v) is 19.8. The van der Waals surface area contributed by atoms with Gasteiger partial charge in [0.2, 0.25) is 10.0 Å². The van der Waals surface area contributed by atoms with Gasteiger partial charge in [-0.2, -0.15) is 4.31 Å². The number of piperidine rings is 1. The molecule has 32 heavy (non-hydrogen) atoms. The summed E-state index contributed by atoms with van der Waals surface area (Å²) in [6, 6.07) is 7.23. The molecule has 1 amide bonds. The van der Waals surface area contributed by atoms with Crippen molar-refractivity contribution in [2.45, 2.75) is 45.1 Å². The van der Waals surface area contributed by atoms with Crippen LogP contribution in [0, 0.1) is 26.7 Å². The third kappa shape index (κ3) is 5.39. The summed E-state index contributed by atoms with van der Waals surface area (Å²) >= 11 is 0. The van der Waals surface area contributed by atoms with Gasteiger partial charge in [-0.3, -0.25) is 9.59 Å². The van der Waals surface area contributed by atoms with Gasteiger partial charge in [-0.1, -0.05) is 17.7 Å². The molecule has 1 aliphatic heterocycles. The molecule has 1 fully saturated rings. The van der Waals surface area contributed by atoms with Gasteiger partial charge in [0.25, 0.3) is 5.91 Å². The molecule has 9 heteroatoms. The molecule has 3 rings (SSSR count). The minimum atomic E-state index is -3.64. The second-order valence-corrected chi connectivity index (χ2v) is 10.2. The number of ether oxygens (including phenoxy) is 1. The summed E-state index contributed by atoms with van der Waals surface area (Å²) in [4.78, 5) is 26.4. The summed E-state index contributed by atoms with van der Waals surface area (Å²) in [5, 5.41) is 0.